The molecule has 0 unspecified atom stereocenters. The predicted molar refractivity (Wildman–Crippen MR) is 142 cm³/mol. The van der Waals surface area contributed by atoms with Crippen LogP contribution in [0.25, 0.3) is 0 Å². The summed E-state index contributed by atoms with van der Waals surface area (Å²) in [5.74, 6) is -0.315. The third-order valence-electron chi connectivity index (χ3n) is 6.65. The summed E-state index contributed by atoms with van der Waals surface area (Å²) in [4.78, 5) is 13.0. The highest BCUT2D eigenvalue weighted by atomic mass is 32.2. The van der Waals surface area contributed by atoms with Gasteiger partial charge in [-0.25, -0.2) is 13.1 Å². The summed E-state index contributed by atoms with van der Waals surface area (Å²) in [6, 6.07) is 22.9. The largest absolute Gasteiger partial charge is 0.494 e. The van der Waals surface area contributed by atoms with Gasteiger partial charge in [0.25, 0.3) is 5.91 Å². The van der Waals surface area contributed by atoms with Crippen molar-refractivity contribution in [3.8, 4) is 0 Å². The minimum Gasteiger partial charge on any atom is -0.399 e. The number of nitrogens with one attached hydrogen (secondary N) is 2. The van der Waals surface area contributed by atoms with Crippen LogP contribution in [0.3, 0.4) is 0 Å². The molecule has 0 radical (unpaired) electrons. The van der Waals surface area contributed by atoms with E-state index in [1.807, 2.05) is 64.1 Å². The molecule has 1 aliphatic heterocycles. The van der Waals surface area contributed by atoms with Crippen molar-refractivity contribution in [2.75, 3.05) is 11.9 Å². The number of sulfonamides is 1. The first-order valence-corrected chi connectivity index (χ1v) is 13.4. The summed E-state index contributed by atoms with van der Waals surface area (Å²) in [5, 5.41) is 2.82. The standard InChI is InChI=1S/C27H31BN2O5S/c1-26(2)27(3,4)35-28(34-26)22-12-8-11-21(19-22)25(31)30-23-13-15-24(16-14-23)36(32,33)29-18-17-20-9-6-5-7-10-20/h5-16,19,29H,17-18H2,1-4H3,(H,30,31). The number of anilines is 1. The Balaban J connectivity index is 1.38. The molecule has 1 aliphatic rings. The Hall–Kier alpha value is -2.98. The van der Waals surface area contributed by atoms with E-state index >= 15 is 0 Å². The molecule has 36 heavy (non-hydrogen) atoms. The van der Waals surface area contributed by atoms with Crippen LogP contribution in [0.2, 0.25) is 0 Å². The van der Waals surface area contributed by atoms with Crippen molar-refractivity contribution >= 4 is 34.2 Å². The van der Waals surface area contributed by atoms with Gasteiger partial charge < -0.3 is 14.6 Å². The van der Waals surface area contributed by atoms with Crippen LogP contribution in [0.5, 0.6) is 0 Å². The number of amides is 1. The van der Waals surface area contributed by atoms with Crippen molar-refractivity contribution < 1.29 is 22.5 Å². The zero-order chi connectivity index (χ0) is 26.0. The molecule has 7 nitrogen and oxygen atoms in total. The number of rotatable bonds is 8. The van der Waals surface area contributed by atoms with Crippen molar-refractivity contribution in [2.24, 2.45) is 0 Å². The number of carbonyl (C=O) groups is 1. The maximum Gasteiger partial charge on any atom is 0.494 e. The second kappa shape index (κ2) is 10.2. The average molecular weight is 506 g/mol. The van der Waals surface area contributed by atoms with Crippen LogP contribution in [0.15, 0.2) is 83.8 Å². The molecule has 0 spiro atoms. The third kappa shape index (κ3) is 5.87. The monoisotopic (exact) mass is 506 g/mol. The number of hydrogen-bond acceptors (Lipinski definition) is 5. The van der Waals surface area contributed by atoms with Crippen molar-refractivity contribution in [1.82, 2.24) is 4.72 Å². The molecule has 188 valence electrons. The van der Waals surface area contributed by atoms with Gasteiger partial charge in [-0.05, 0) is 81.5 Å². The Bertz CT molecular complexity index is 1310. The molecule has 0 aliphatic carbocycles. The summed E-state index contributed by atoms with van der Waals surface area (Å²) in [5.41, 5.74) is 1.79. The van der Waals surface area contributed by atoms with E-state index in [1.165, 1.54) is 12.1 Å². The molecule has 1 heterocycles. The van der Waals surface area contributed by atoms with Gasteiger partial charge in [0.2, 0.25) is 10.0 Å². The van der Waals surface area contributed by atoms with Crippen LogP contribution in [0.1, 0.15) is 43.6 Å². The maximum absolute atomic E-state index is 12.9. The van der Waals surface area contributed by atoms with Crippen LogP contribution in [0, 0.1) is 0 Å². The molecule has 1 saturated heterocycles. The van der Waals surface area contributed by atoms with Gasteiger partial charge in [0.05, 0.1) is 16.1 Å². The van der Waals surface area contributed by atoms with E-state index in [1.54, 1.807) is 30.3 Å². The average Bonchev–Trinajstić information content (AvgIpc) is 3.07. The van der Waals surface area contributed by atoms with Crippen LogP contribution in [-0.2, 0) is 25.8 Å². The van der Waals surface area contributed by atoms with Crippen LogP contribution in [-0.4, -0.2) is 39.2 Å². The predicted octanol–water partition coefficient (Wildman–Crippen LogP) is 3.76. The normalized spacial score (nSPS) is 16.6. The van der Waals surface area contributed by atoms with Crippen LogP contribution in [0.4, 0.5) is 5.69 Å². The van der Waals surface area contributed by atoms with E-state index < -0.39 is 28.3 Å². The second-order valence-electron chi connectivity index (χ2n) is 9.83. The fourth-order valence-electron chi connectivity index (χ4n) is 3.78. The second-order valence-corrected chi connectivity index (χ2v) is 11.6. The van der Waals surface area contributed by atoms with Crippen LogP contribution < -0.4 is 15.5 Å². The summed E-state index contributed by atoms with van der Waals surface area (Å²) < 4.78 is 40.0. The Morgan fingerprint density at radius 2 is 1.50 bits per heavy atom. The van der Waals surface area contributed by atoms with Gasteiger partial charge in [0, 0.05) is 17.8 Å². The lowest BCUT2D eigenvalue weighted by molar-refractivity contribution is 0.00578. The SMILES string of the molecule is CC1(C)OB(c2cccc(C(=O)Nc3ccc(S(=O)(=O)NCCc4ccccc4)cc3)c2)OC1(C)C. The van der Waals surface area contributed by atoms with Crippen molar-refractivity contribution in [2.45, 2.75) is 50.2 Å². The Morgan fingerprint density at radius 3 is 2.14 bits per heavy atom. The molecule has 0 aromatic heterocycles. The first-order valence-electron chi connectivity index (χ1n) is 11.9. The van der Waals surface area contributed by atoms with Crippen LogP contribution >= 0.6 is 0 Å². The third-order valence-corrected chi connectivity index (χ3v) is 8.12. The lowest BCUT2D eigenvalue weighted by Crippen LogP contribution is -2.41. The highest BCUT2D eigenvalue weighted by Gasteiger charge is 2.51. The quantitative estimate of drug-likeness (QED) is 0.454. The highest BCUT2D eigenvalue weighted by molar-refractivity contribution is 7.89. The molecule has 3 aromatic carbocycles. The van der Waals surface area contributed by atoms with Crippen molar-refractivity contribution in [3.63, 3.8) is 0 Å². The molecule has 2 N–H and O–H groups in total. The molecule has 1 fully saturated rings. The molecule has 0 bridgehead atoms. The lowest BCUT2D eigenvalue weighted by atomic mass is 9.78. The van der Waals surface area contributed by atoms with Gasteiger partial charge in [0.15, 0.2) is 0 Å². The Kier molecular flexibility index (Phi) is 7.38. The lowest BCUT2D eigenvalue weighted by Gasteiger charge is -2.32. The van der Waals surface area contributed by atoms with Gasteiger partial charge in [0.1, 0.15) is 0 Å². The van der Waals surface area contributed by atoms with Gasteiger partial charge in [-0.3, -0.25) is 4.79 Å². The van der Waals surface area contributed by atoms with Gasteiger partial charge in [-0.1, -0.05) is 42.5 Å². The zero-order valence-electron chi connectivity index (χ0n) is 20.9. The maximum atomic E-state index is 12.9. The number of carbonyl (C=O) groups excluding carboxylic acids is 1. The molecule has 3 aromatic rings. The smallest absolute Gasteiger partial charge is 0.399 e. The molecular formula is C27H31BN2O5S. The topological polar surface area (TPSA) is 93.7 Å². The summed E-state index contributed by atoms with van der Waals surface area (Å²) in [7, 11) is -4.22. The van der Waals surface area contributed by atoms with E-state index in [0.717, 1.165) is 11.0 Å². The molecule has 0 atom stereocenters. The molecule has 1 amide bonds. The molecule has 4 rings (SSSR count). The van der Waals surface area contributed by atoms with E-state index in [9.17, 15) is 13.2 Å². The zero-order valence-corrected chi connectivity index (χ0v) is 21.8. The Morgan fingerprint density at radius 1 is 0.861 bits per heavy atom. The van der Waals surface area contributed by atoms with Gasteiger partial charge >= 0.3 is 7.12 Å². The number of benzene rings is 3. The first kappa shape index (κ1) is 26.1. The molecule has 0 saturated carbocycles. The molecular weight excluding hydrogens is 475 g/mol. The first-order chi connectivity index (χ1) is 17.0. The van der Waals surface area contributed by atoms with Gasteiger partial charge in [-0.2, -0.15) is 0 Å². The van der Waals surface area contributed by atoms with E-state index in [2.05, 4.69) is 10.0 Å². The highest BCUT2D eigenvalue weighted by Crippen LogP contribution is 2.36. The van der Waals surface area contributed by atoms with Crippen molar-refractivity contribution in [1.29, 1.82) is 0 Å². The Labute approximate surface area is 213 Å². The minimum absolute atomic E-state index is 0.135. The summed E-state index contributed by atoms with van der Waals surface area (Å²) in [6.45, 7) is 8.21. The summed E-state index contributed by atoms with van der Waals surface area (Å²) in [6.07, 6.45) is 0.596. The summed E-state index contributed by atoms with van der Waals surface area (Å²) >= 11 is 0. The fourth-order valence-corrected chi connectivity index (χ4v) is 4.82. The van der Waals surface area contributed by atoms with E-state index in [-0.39, 0.29) is 10.8 Å². The van der Waals surface area contributed by atoms with E-state index in [4.69, 9.17) is 9.31 Å². The fraction of sp³-hybridized carbons (Fsp3) is 0.296. The minimum atomic E-state index is -3.65. The van der Waals surface area contributed by atoms with E-state index in [0.29, 0.717) is 24.2 Å². The van der Waals surface area contributed by atoms with Crippen molar-refractivity contribution in [3.05, 3.63) is 90.0 Å². The molecule has 9 heteroatoms. The van der Waals surface area contributed by atoms with Gasteiger partial charge in [-0.15, -0.1) is 0 Å². The number of hydrogen-bond donors (Lipinski definition) is 2.